The second-order valence-corrected chi connectivity index (χ2v) is 6.74. The Bertz CT molecular complexity index is 847. The van der Waals surface area contributed by atoms with E-state index in [1.807, 2.05) is 76.3 Å². The predicted molar refractivity (Wildman–Crippen MR) is 127 cm³/mol. The number of ether oxygens (including phenoxy) is 4. The molecule has 0 heterocycles. The molecule has 0 atom stereocenters. The lowest BCUT2D eigenvalue weighted by atomic mass is 10.0. The zero-order valence-electron chi connectivity index (χ0n) is 18.8. The number of allylic oxidation sites excluding steroid dienone is 4. The van der Waals surface area contributed by atoms with Crippen LogP contribution in [0.3, 0.4) is 0 Å². The number of hydrogen-bond donors (Lipinski definition) is 0. The lowest BCUT2D eigenvalue weighted by Gasteiger charge is -2.13. The fraction of sp³-hybridized carbons (Fsp3) is 0.259. The van der Waals surface area contributed by atoms with Crippen molar-refractivity contribution in [1.82, 2.24) is 0 Å². The third kappa shape index (κ3) is 8.09. The van der Waals surface area contributed by atoms with E-state index in [2.05, 4.69) is 12.1 Å². The Morgan fingerprint density at radius 1 is 0.548 bits per heavy atom. The second kappa shape index (κ2) is 13.8. The Hall–Kier alpha value is -3.40. The average Bonchev–Trinajstić information content (AvgIpc) is 2.80. The maximum Gasteiger partial charge on any atom is 0.133 e. The maximum atomic E-state index is 5.80. The molecule has 0 saturated heterocycles. The van der Waals surface area contributed by atoms with Gasteiger partial charge in [-0.25, -0.2) is 0 Å². The van der Waals surface area contributed by atoms with Crippen LogP contribution in [0.2, 0.25) is 0 Å². The summed E-state index contributed by atoms with van der Waals surface area (Å²) in [5.74, 6) is 3.11. The summed E-state index contributed by atoms with van der Waals surface area (Å²) >= 11 is 0. The summed E-state index contributed by atoms with van der Waals surface area (Å²) in [4.78, 5) is 0. The molecule has 4 heteroatoms. The molecule has 4 nitrogen and oxygen atoms in total. The fourth-order valence-corrected chi connectivity index (χ4v) is 2.89. The summed E-state index contributed by atoms with van der Waals surface area (Å²) in [6, 6.07) is 11.9. The van der Waals surface area contributed by atoms with E-state index in [0.717, 1.165) is 53.4 Å². The minimum atomic E-state index is 0.750. The highest BCUT2D eigenvalue weighted by atomic mass is 16.5. The van der Waals surface area contributed by atoms with Crippen molar-refractivity contribution in [2.24, 2.45) is 0 Å². The van der Waals surface area contributed by atoms with E-state index in [4.69, 9.17) is 18.9 Å². The summed E-state index contributed by atoms with van der Waals surface area (Å²) < 4.78 is 22.7. The van der Waals surface area contributed by atoms with Crippen LogP contribution in [-0.4, -0.2) is 0 Å². The van der Waals surface area contributed by atoms with Crippen LogP contribution in [0.4, 0.5) is 0 Å². The molecule has 0 N–H and O–H groups in total. The van der Waals surface area contributed by atoms with Crippen molar-refractivity contribution in [2.45, 2.75) is 47.0 Å². The van der Waals surface area contributed by atoms with Crippen molar-refractivity contribution in [3.8, 4) is 23.0 Å². The third-order valence-electron chi connectivity index (χ3n) is 4.31. The van der Waals surface area contributed by atoms with Gasteiger partial charge >= 0.3 is 0 Å². The van der Waals surface area contributed by atoms with Crippen molar-refractivity contribution >= 4 is 0 Å². The van der Waals surface area contributed by atoms with Gasteiger partial charge in [-0.15, -0.1) is 0 Å². The van der Waals surface area contributed by atoms with Gasteiger partial charge in [0.15, 0.2) is 0 Å². The molecule has 0 aliphatic heterocycles. The monoisotopic (exact) mass is 420 g/mol. The Balaban J connectivity index is 2.12. The predicted octanol–water partition coefficient (Wildman–Crippen LogP) is 7.51. The van der Waals surface area contributed by atoms with Crippen molar-refractivity contribution in [3.63, 3.8) is 0 Å². The molecule has 0 unspecified atom stereocenters. The fourth-order valence-electron chi connectivity index (χ4n) is 2.89. The van der Waals surface area contributed by atoms with E-state index in [9.17, 15) is 0 Å². The quantitative estimate of drug-likeness (QED) is 0.333. The minimum absolute atomic E-state index is 0.750. The molecule has 2 aromatic rings. The van der Waals surface area contributed by atoms with E-state index >= 15 is 0 Å². The zero-order valence-corrected chi connectivity index (χ0v) is 18.8. The topological polar surface area (TPSA) is 36.9 Å². The zero-order chi connectivity index (χ0) is 22.3. The molecule has 0 radical (unpaired) electrons. The standard InChI is InChI=1S/C27H32O4/c1-5-16-28-24-14-12-22(26(20-24)30-18-7-3)10-9-11-23-13-15-25(29-17-6-2)21-27(23)31-19-8-4/h5-8,12-21H,9-11H2,1-4H3. The average molecular weight is 421 g/mol. The maximum absolute atomic E-state index is 5.80. The molecule has 0 aromatic heterocycles. The molecule has 0 fully saturated rings. The van der Waals surface area contributed by atoms with Gasteiger partial charge in [0.1, 0.15) is 23.0 Å². The SMILES string of the molecule is CC=COc1ccc(CCCc2ccc(OC=CC)cc2OC=CC)c(OC=CC)c1. The van der Waals surface area contributed by atoms with Crippen molar-refractivity contribution < 1.29 is 18.9 Å². The number of hydrogen-bond acceptors (Lipinski definition) is 4. The molecule has 0 aliphatic carbocycles. The highest BCUT2D eigenvalue weighted by molar-refractivity contribution is 5.43. The molecule has 0 bridgehead atoms. The second-order valence-electron chi connectivity index (χ2n) is 6.74. The lowest BCUT2D eigenvalue weighted by Crippen LogP contribution is -1.97. The van der Waals surface area contributed by atoms with Crippen LogP contribution in [-0.2, 0) is 12.8 Å². The third-order valence-corrected chi connectivity index (χ3v) is 4.31. The highest BCUT2D eigenvalue weighted by Crippen LogP contribution is 2.30. The molecule has 2 rings (SSSR count). The van der Waals surface area contributed by atoms with Crippen LogP contribution in [0.1, 0.15) is 45.2 Å². The van der Waals surface area contributed by atoms with Crippen LogP contribution in [0.5, 0.6) is 23.0 Å². The lowest BCUT2D eigenvalue weighted by molar-refractivity contribution is 0.451. The molecular formula is C27H32O4. The largest absolute Gasteiger partial charge is 0.465 e. The van der Waals surface area contributed by atoms with Crippen molar-refractivity contribution in [1.29, 1.82) is 0 Å². The van der Waals surface area contributed by atoms with Gasteiger partial charge in [-0.05, 0) is 70.2 Å². The Morgan fingerprint density at radius 2 is 0.935 bits per heavy atom. The molecule has 0 spiro atoms. The first-order valence-corrected chi connectivity index (χ1v) is 10.6. The Kier molecular flexibility index (Phi) is 10.6. The Morgan fingerprint density at radius 3 is 1.32 bits per heavy atom. The van der Waals surface area contributed by atoms with E-state index in [0.29, 0.717) is 0 Å². The van der Waals surface area contributed by atoms with E-state index in [1.165, 1.54) is 0 Å². The van der Waals surface area contributed by atoms with Gasteiger partial charge in [0.2, 0.25) is 0 Å². The number of rotatable bonds is 12. The minimum Gasteiger partial charge on any atom is -0.465 e. The van der Waals surface area contributed by atoms with Gasteiger partial charge in [0.25, 0.3) is 0 Å². The molecule has 0 saturated carbocycles. The van der Waals surface area contributed by atoms with Gasteiger partial charge in [-0.3, -0.25) is 0 Å². The van der Waals surface area contributed by atoms with Crippen LogP contribution in [0.25, 0.3) is 0 Å². The molecule has 0 amide bonds. The smallest absolute Gasteiger partial charge is 0.133 e. The molecule has 2 aromatic carbocycles. The summed E-state index contributed by atoms with van der Waals surface area (Å²) in [6.07, 6.45) is 16.8. The van der Waals surface area contributed by atoms with Crippen LogP contribution in [0, 0.1) is 0 Å². The summed E-state index contributed by atoms with van der Waals surface area (Å²) in [5, 5.41) is 0. The highest BCUT2D eigenvalue weighted by Gasteiger charge is 2.09. The number of benzene rings is 2. The van der Waals surface area contributed by atoms with Crippen molar-refractivity contribution in [3.05, 3.63) is 96.9 Å². The van der Waals surface area contributed by atoms with Crippen molar-refractivity contribution in [2.75, 3.05) is 0 Å². The van der Waals surface area contributed by atoms with Gasteiger partial charge in [0, 0.05) is 12.1 Å². The normalized spacial score (nSPS) is 11.7. The first kappa shape index (κ1) is 23.9. The first-order valence-electron chi connectivity index (χ1n) is 10.6. The Labute approximate surface area is 186 Å². The molecular weight excluding hydrogens is 388 g/mol. The van der Waals surface area contributed by atoms with E-state index < -0.39 is 0 Å². The van der Waals surface area contributed by atoms with E-state index in [-0.39, 0.29) is 0 Å². The summed E-state index contributed by atoms with van der Waals surface area (Å²) in [5.41, 5.74) is 2.27. The van der Waals surface area contributed by atoms with Gasteiger partial charge in [-0.2, -0.15) is 0 Å². The first-order chi connectivity index (χ1) is 15.2. The molecule has 0 aliphatic rings. The summed E-state index contributed by atoms with van der Waals surface area (Å²) in [7, 11) is 0. The molecule has 31 heavy (non-hydrogen) atoms. The van der Waals surface area contributed by atoms with Crippen LogP contribution in [0.15, 0.2) is 85.8 Å². The number of aryl methyl sites for hydroxylation is 2. The summed E-state index contributed by atoms with van der Waals surface area (Å²) in [6.45, 7) is 7.68. The molecule has 164 valence electrons. The van der Waals surface area contributed by atoms with Crippen LogP contribution >= 0.6 is 0 Å². The van der Waals surface area contributed by atoms with Gasteiger partial charge in [-0.1, -0.05) is 36.4 Å². The van der Waals surface area contributed by atoms with Crippen LogP contribution < -0.4 is 18.9 Å². The van der Waals surface area contributed by atoms with Gasteiger partial charge < -0.3 is 18.9 Å². The van der Waals surface area contributed by atoms with E-state index in [1.54, 1.807) is 25.0 Å². The van der Waals surface area contributed by atoms with Gasteiger partial charge in [0.05, 0.1) is 25.0 Å².